The van der Waals surface area contributed by atoms with Gasteiger partial charge in [-0.3, -0.25) is 4.99 Å². The topological polar surface area (TPSA) is 68.0 Å². The Bertz CT molecular complexity index is 992. The van der Waals surface area contributed by atoms with Gasteiger partial charge in [-0.25, -0.2) is 0 Å². The maximum atomic E-state index is 5.80. The molecule has 0 spiro atoms. The molecule has 4 rings (SSSR count). The molecule has 3 aromatic rings. The summed E-state index contributed by atoms with van der Waals surface area (Å²) in [5.74, 6) is 3.58. The second-order valence-electron chi connectivity index (χ2n) is 7.42. The fraction of sp³-hybridized carbons (Fsp3) is 0.320. The van der Waals surface area contributed by atoms with E-state index in [4.69, 9.17) is 18.9 Å². The molecular weight excluding hydrogens is 517 g/mol. The molecular formula is C25H30IN3O3. The molecule has 0 saturated heterocycles. The lowest BCUT2D eigenvalue weighted by molar-refractivity contribution is 0.261. The molecule has 0 saturated carbocycles. The average Bonchev–Trinajstić information content (AvgIpc) is 3.33. The number of halogens is 1. The normalized spacial score (nSPS) is 15.2. The van der Waals surface area contributed by atoms with Crippen molar-refractivity contribution in [2.75, 3.05) is 26.8 Å². The number of nitrogens with zero attached hydrogens (tertiary/aromatic N) is 1. The maximum absolute atomic E-state index is 5.80. The van der Waals surface area contributed by atoms with Gasteiger partial charge in [-0.2, -0.15) is 0 Å². The molecule has 32 heavy (non-hydrogen) atoms. The zero-order chi connectivity index (χ0) is 21.3. The summed E-state index contributed by atoms with van der Waals surface area (Å²) in [5.41, 5.74) is 2.34. The van der Waals surface area contributed by atoms with Crippen molar-refractivity contribution in [3.05, 3.63) is 83.8 Å². The number of methoxy groups -OCH3 is 1. The van der Waals surface area contributed by atoms with Gasteiger partial charge in [0.15, 0.2) is 5.96 Å². The van der Waals surface area contributed by atoms with Crippen LogP contribution >= 0.6 is 24.0 Å². The van der Waals surface area contributed by atoms with Gasteiger partial charge in [0.2, 0.25) is 0 Å². The number of ether oxygens (including phenoxy) is 2. The van der Waals surface area contributed by atoms with Crippen molar-refractivity contribution in [1.82, 2.24) is 10.6 Å². The predicted molar refractivity (Wildman–Crippen MR) is 137 cm³/mol. The van der Waals surface area contributed by atoms with Gasteiger partial charge in [-0.15, -0.1) is 24.0 Å². The number of furan rings is 1. The van der Waals surface area contributed by atoms with E-state index in [2.05, 4.69) is 22.8 Å². The fourth-order valence-electron chi connectivity index (χ4n) is 3.77. The second-order valence-corrected chi connectivity index (χ2v) is 7.42. The highest BCUT2D eigenvalue weighted by Crippen LogP contribution is 2.31. The number of rotatable bonds is 8. The van der Waals surface area contributed by atoms with Gasteiger partial charge in [0.25, 0.3) is 0 Å². The van der Waals surface area contributed by atoms with Crippen LogP contribution in [0.4, 0.5) is 0 Å². The third-order valence-electron chi connectivity index (χ3n) is 5.36. The van der Waals surface area contributed by atoms with Crippen LogP contribution in [0, 0.1) is 0 Å². The smallest absolute Gasteiger partial charge is 0.191 e. The van der Waals surface area contributed by atoms with Crippen LogP contribution in [0.3, 0.4) is 0 Å². The summed E-state index contributed by atoms with van der Waals surface area (Å²) in [6.45, 7) is 2.08. The zero-order valence-electron chi connectivity index (χ0n) is 18.3. The number of aliphatic imine (C=N–C) groups is 1. The molecule has 170 valence electrons. The Morgan fingerprint density at radius 3 is 2.75 bits per heavy atom. The number of hydrogen-bond acceptors (Lipinski definition) is 4. The Hall–Kier alpha value is -2.68. The Balaban J connectivity index is 0.00000289. The van der Waals surface area contributed by atoms with Crippen LogP contribution in [0.1, 0.15) is 29.3 Å². The van der Waals surface area contributed by atoms with Gasteiger partial charge in [0, 0.05) is 31.5 Å². The van der Waals surface area contributed by atoms with Crippen LogP contribution in [-0.2, 0) is 12.8 Å². The first-order chi connectivity index (χ1) is 15.3. The predicted octanol–water partition coefficient (Wildman–Crippen LogP) is 4.75. The van der Waals surface area contributed by atoms with Crippen molar-refractivity contribution in [3.8, 4) is 11.5 Å². The maximum Gasteiger partial charge on any atom is 0.191 e. The largest absolute Gasteiger partial charge is 0.496 e. The highest BCUT2D eigenvalue weighted by Gasteiger charge is 2.21. The van der Waals surface area contributed by atoms with Crippen molar-refractivity contribution in [2.24, 2.45) is 4.99 Å². The van der Waals surface area contributed by atoms with E-state index < -0.39 is 0 Å². The number of guanidine groups is 1. The summed E-state index contributed by atoms with van der Waals surface area (Å²) in [6, 6.07) is 20.3. The molecule has 1 unspecified atom stereocenters. The summed E-state index contributed by atoms with van der Waals surface area (Å²) >= 11 is 0. The average molecular weight is 547 g/mol. The lowest BCUT2D eigenvalue weighted by Crippen LogP contribution is -2.42. The first-order valence-electron chi connectivity index (χ1n) is 10.7. The molecule has 0 bridgehead atoms. The van der Waals surface area contributed by atoms with E-state index in [9.17, 15) is 0 Å². The van der Waals surface area contributed by atoms with Crippen molar-refractivity contribution in [2.45, 2.75) is 25.3 Å². The molecule has 2 heterocycles. The Morgan fingerprint density at radius 2 is 1.91 bits per heavy atom. The van der Waals surface area contributed by atoms with E-state index in [-0.39, 0.29) is 30.0 Å². The SMILES string of the molecule is COc1ccccc1CCNC(=NCCc1ccco1)NC1CCOc2ccccc21.I. The van der Waals surface area contributed by atoms with Crippen LogP contribution in [-0.4, -0.2) is 32.8 Å². The van der Waals surface area contributed by atoms with E-state index in [1.54, 1.807) is 13.4 Å². The molecule has 0 fully saturated rings. The van der Waals surface area contributed by atoms with Crippen molar-refractivity contribution >= 4 is 29.9 Å². The van der Waals surface area contributed by atoms with Crippen LogP contribution in [0.15, 0.2) is 76.3 Å². The number of fused-ring (bicyclic) bond motifs is 1. The highest BCUT2D eigenvalue weighted by atomic mass is 127. The minimum atomic E-state index is 0. The summed E-state index contributed by atoms with van der Waals surface area (Å²) < 4.78 is 16.7. The van der Waals surface area contributed by atoms with Gasteiger partial charge in [-0.05, 0) is 36.2 Å². The van der Waals surface area contributed by atoms with Crippen molar-refractivity contribution in [3.63, 3.8) is 0 Å². The monoisotopic (exact) mass is 547 g/mol. The van der Waals surface area contributed by atoms with E-state index in [1.165, 1.54) is 11.1 Å². The van der Waals surface area contributed by atoms with E-state index in [1.807, 2.05) is 48.5 Å². The first-order valence-corrected chi connectivity index (χ1v) is 10.7. The minimum absolute atomic E-state index is 0. The van der Waals surface area contributed by atoms with E-state index >= 15 is 0 Å². The molecule has 0 radical (unpaired) electrons. The fourth-order valence-corrected chi connectivity index (χ4v) is 3.77. The van der Waals surface area contributed by atoms with Crippen LogP contribution < -0.4 is 20.1 Å². The van der Waals surface area contributed by atoms with Crippen LogP contribution in [0.2, 0.25) is 0 Å². The molecule has 6 nitrogen and oxygen atoms in total. The summed E-state index contributed by atoms with van der Waals surface area (Å²) in [6.07, 6.45) is 4.19. The molecule has 0 amide bonds. The standard InChI is InChI=1S/C25H29N3O3.HI/c1-29-23-10-4-2-7-19(23)12-15-26-25(27-16-13-20-8-6-17-30-20)28-22-14-18-31-24-11-5-3-9-21(22)24;/h2-11,17,22H,12-16,18H2,1H3,(H2,26,27,28);1H. The third-order valence-corrected chi connectivity index (χ3v) is 5.36. The minimum Gasteiger partial charge on any atom is -0.496 e. The van der Waals surface area contributed by atoms with Crippen LogP contribution in [0.25, 0.3) is 0 Å². The Kier molecular flexibility index (Phi) is 9.27. The lowest BCUT2D eigenvalue weighted by atomic mass is 10.0. The van der Waals surface area contributed by atoms with Gasteiger partial charge in [-0.1, -0.05) is 36.4 Å². The third kappa shape index (κ3) is 6.41. The summed E-state index contributed by atoms with van der Waals surface area (Å²) in [4.78, 5) is 4.80. The zero-order valence-corrected chi connectivity index (χ0v) is 20.6. The molecule has 1 aliphatic rings. The Morgan fingerprint density at radius 1 is 1.06 bits per heavy atom. The van der Waals surface area contributed by atoms with Crippen molar-refractivity contribution < 1.29 is 13.9 Å². The van der Waals surface area contributed by atoms with Gasteiger partial charge in [0.05, 0.1) is 26.0 Å². The number of benzene rings is 2. The lowest BCUT2D eigenvalue weighted by Gasteiger charge is -2.28. The van der Waals surface area contributed by atoms with Gasteiger partial charge < -0.3 is 24.5 Å². The highest BCUT2D eigenvalue weighted by molar-refractivity contribution is 14.0. The number of hydrogen-bond donors (Lipinski definition) is 2. The number of nitrogens with one attached hydrogen (secondary N) is 2. The Labute approximate surface area is 206 Å². The quantitative estimate of drug-likeness (QED) is 0.242. The van der Waals surface area contributed by atoms with Gasteiger partial charge in [0.1, 0.15) is 17.3 Å². The van der Waals surface area contributed by atoms with E-state index in [0.717, 1.165) is 49.0 Å². The summed E-state index contributed by atoms with van der Waals surface area (Å²) in [5, 5.41) is 7.09. The molecule has 1 atom stereocenters. The van der Waals surface area contributed by atoms with Crippen LogP contribution in [0.5, 0.6) is 11.5 Å². The van der Waals surface area contributed by atoms with Gasteiger partial charge >= 0.3 is 0 Å². The molecule has 2 aromatic carbocycles. The summed E-state index contributed by atoms with van der Waals surface area (Å²) in [7, 11) is 1.71. The molecule has 7 heteroatoms. The molecule has 1 aliphatic heterocycles. The number of para-hydroxylation sites is 2. The molecule has 2 N–H and O–H groups in total. The van der Waals surface area contributed by atoms with E-state index in [0.29, 0.717) is 13.2 Å². The van der Waals surface area contributed by atoms with Crippen molar-refractivity contribution in [1.29, 1.82) is 0 Å². The second kappa shape index (κ2) is 12.4. The molecule has 0 aliphatic carbocycles. The molecule has 1 aromatic heterocycles. The first kappa shape index (κ1) is 24.0.